The SMILES string of the molecule is CC/C=C\C/C=C\C/C=C\C/C=C\C/C=C\C/C=C\C/C=C\C/C=C\C/C=C\CCCCCC(=O)OCC(COC(=O)CCCCCCCCCCC)OC(=O)CCCCCCC/C=C\CCCCCC. The molecule has 0 rings (SSSR count). The number of hydrogen-bond acceptors (Lipinski definition) is 6. The molecule has 0 spiro atoms. The Morgan fingerprint density at radius 2 is 0.549 bits per heavy atom. The van der Waals surface area contributed by atoms with E-state index in [1.54, 1.807) is 0 Å². The quantitative estimate of drug-likeness (QED) is 0.0261. The van der Waals surface area contributed by atoms with Crippen LogP contribution in [0, 0.1) is 0 Å². The second-order valence-electron chi connectivity index (χ2n) is 18.8. The summed E-state index contributed by atoms with van der Waals surface area (Å²) in [4.78, 5) is 38.0. The number of carbonyl (C=O) groups is 3. The van der Waals surface area contributed by atoms with E-state index in [-0.39, 0.29) is 31.1 Å². The molecular weight excluding hydrogens is 877 g/mol. The number of ether oxygens (including phenoxy) is 3. The lowest BCUT2D eigenvalue weighted by molar-refractivity contribution is -0.167. The fourth-order valence-electron chi connectivity index (χ4n) is 7.60. The monoisotopic (exact) mass is 983 g/mol. The van der Waals surface area contributed by atoms with Crippen molar-refractivity contribution in [2.24, 2.45) is 0 Å². The molecule has 0 aromatic carbocycles. The molecule has 0 aliphatic carbocycles. The van der Waals surface area contributed by atoms with Gasteiger partial charge in [-0.25, -0.2) is 0 Å². The molecule has 0 radical (unpaired) electrons. The van der Waals surface area contributed by atoms with Gasteiger partial charge >= 0.3 is 17.9 Å². The predicted octanol–water partition coefficient (Wildman–Crippen LogP) is 19.6. The minimum absolute atomic E-state index is 0.0926. The van der Waals surface area contributed by atoms with Gasteiger partial charge in [0.15, 0.2) is 6.10 Å². The Kier molecular flexibility index (Phi) is 54.9. The number of esters is 3. The smallest absolute Gasteiger partial charge is 0.306 e. The van der Waals surface area contributed by atoms with Crippen molar-refractivity contribution in [3.63, 3.8) is 0 Å². The molecule has 0 aromatic rings. The third kappa shape index (κ3) is 56.6. The first kappa shape index (κ1) is 66.8. The normalized spacial score (nSPS) is 13.0. The van der Waals surface area contributed by atoms with E-state index in [9.17, 15) is 14.4 Å². The van der Waals surface area contributed by atoms with Crippen molar-refractivity contribution in [2.75, 3.05) is 13.2 Å². The van der Waals surface area contributed by atoms with Crippen LogP contribution in [0.15, 0.2) is 122 Å². The third-order valence-electron chi connectivity index (χ3n) is 12.0. The summed E-state index contributed by atoms with van der Waals surface area (Å²) in [7, 11) is 0. The summed E-state index contributed by atoms with van der Waals surface area (Å²) in [6.07, 6.45) is 80.6. The van der Waals surface area contributed by atoms with E-state index in [0.29, 0.717) is 19.3 Å². The van der Waals surface area contributed by atoms with E-state index in [1.165, 1.54) is 77.0 Å². The molecule has 0 amide bonds. The van der Waals surface area contributed by atoms with Gasteiger partial charge < -0.3 is 14.2 Å². The largest absolute Gasteiger partial charge is 0.462 e. The zero-order valence-electron chi connectivity index (χ0n) is 45.9. The van der Waals surface area contributed by atoms with Crippen LogP contribution in [0.3, 0.4) is 0 Å². The first-order valence-electron chi connectivity index (χ1n) is 29.0. The number of allylic oxidation sites excluding steroid dienone is 20. The zero-order valence-corrected chi connectivity index (χ0v) is 45.9. The Hall–Kier alpha value is -4.19. The van der Waals surface area contributed by atoms with Crippen molar-refractivity contribution < 1.29 is 28.6 Å². The molecule has 1 atom stereocenters. The molecule has 0 heterocycles. The van der Waals surface area contributed by atoms with Crippen molar-refractivity contribution in [2.45, 2.75) is 258 Å². The van der Waals surface area contributed by atoms with Gasteiger partial charge in [0.05, 0.1) is 0 Å². The Labute approximate surface area is 437 Å². The molecule has 0 aromatic heterocycles. The lowest BCUT2D eigenvalue weighted by atomic mass is 10.1. The van der Waals surface area contributed by atoms with Gasteiger partial charge in [-0.2, -0.15) is 0 Å². The summed E-state index contributed by atoms with van der Waals surface area (Å²) in [5.41, 5.74) is 0. The molecule has 6 nitrogen and oxygen atoms in total. The van der Waals surface area contributed by atoms with Crippen LogP contribution in [0.5, 0.6) is 0 Å². The summed E-state index contributed by atoms with van der Waals surface area (Å²) in [5, 5.41) is 0. The Morgan fingerprint density at radius 1 is 0.296 bits per heavy atom. The molecule has 402 valence electrons. The summed E-state index contributed by atoms with van der Waals surface area (Å²) in [6, 6.07) is 0. The van der Waals surface area contributed by atoms with Crippen LogP contribution in [0.4, 0.5) is 0 Å². The second kappa shape index (κ2) is 58.4. The Morgan fingerprint density at radius 3 is 0.901 bits per heavy atom. The minimum Gasteiger partial charge on any atom is -0.462 e. The summed E-state index contributed by atoms with van der Waals surface area (Å²) in [6.45, 7) is 6.44. The molecule has 6 heteroatoms. The molecule has 0 N–H and O–H groups in total. The van der Waals surface area contributed by atoms with Crippen LogP contribution in [0.25, 0.3) is 0 Å². The maximum atomic E-state index is 12.8. The van der Waals surface area contributed by atoms with Crippen LogP contribution in [0.2, 0.25) is 0 Å². The fraction of sp³-hybridized carbons (Fsp3) is 0.646. The molecule has 0 aliphatic heterocycles. The van der Waals surface area contributed by atoms with Crippen molar-refractivity contribution in [3.05, 3.63) is 122 Å². The van der Waals surface area contributed by atoms with Gasteiger partial charge in [-0.15, -0.1) is 0 Å². The number of rotatable bonds is 51. The highest BCUT2D eigenvalue weighted by Gasteiger charge is 2.19. The molecular formula is C65H106O6. The van der Waals surface area contributed by atoms with Crippen LogP contribution < -0.4 is 0 Å². The van der Waals surface area contributed by atoms with E-state index in [1.807, 2.05) is 0 Å². The molecule has 0 bridgehead atoms. The average molecular weight is 984 g/mol. The highest BCUT2D eigenvalue weighted by Crippen LogP contribution is 2.14. The van der Waals surface area contributed by atoms with Gasteiger partial charge in [0, 0.05) is 19.3 Å². The first-order chi connectivity index (χ1) is 35.0. The van der Waals surface area contributed by atoms with Gasteiger partial charge in [0.25, 0.3) is 0 Å². The topological polar surface area (TPSA) is 78.9 Å². The Bertz CT molecular complexity index is 1500. The maximum absolute atomic E-state index is 12.8. The molecule has 0 fully saturated rings. The van der Waals surface area contributed by atoms with Crippen molar-refractivity contribution in [3.8, 4) is 0 Å². The van der Waals surface area contributed by atoms with Crippen LogP contribution >= 0.6 is 0 Å². The van der Waals surface area contributed by atoms with Crippen molar-refractivity contribution in [1.82, 2.24) is 0 Å². The molecule has 0 aliphatic rings. The number of hydrogen-bond donors (Lipinski definition) is 0. The van der Waals surface area contributed by atoms with E-state index >= 15 is 0 Å². The summed E-state index contributed by atoms with van der Waals surface area (Å²) in [5.74, 6) is -0.942. The molecule has 0 saturated heterocycles. The van der Waals surface area contributed by atoms with Crippen LogP contribution in [0.1, 0.15) is 252 Å². The first-order valence-corrected chi connectivity index (χ1v) is 29.0. The highest BCUT2D eigenvalue weighted by molar-refractivity contribution is 5.71. The van der Waals surface area contributed by atoms with E-state index in [0.717, 1.165) is 135 Å². The molecule has 1 unspecified atom stereocenters. The minimum atomic E-state index is -0.796. The number of unbranched alkanes of at least 4 members (excludes halogenated alkanes) is 20. The average Bonchev–Trinajstić information content (AvgIpc) is 3.37. The van der Waals surface area contributed by atoms with Gasteiger partial charge in [0.1, 0.15) is 13.2 Å². The van der Waals surface area contributed by atoms with Gasteiger partial charge in [-0.3, -0.25) is 14.4 Å². The lowest BCUT2D eigenvalue weighted by Gasteiger charge is -2.18. The molecule has 71 heavy (non-hydrogen) atoms. The number of carbonyl (C=O) groups excluding carboxylic acids is 3. The van der Waals surface area contributed by atoms with Crippen LogP contribution in [-0.4, -0.2) is 37.2 Å². The van der Waals surface area contributed by atoms with E-state index < -0.39 is 6.10 Å². The van der Waals surface area contributed by atoms with Crippen LogP contribution in [-0.2, 0) is 28.6 Å². The lowest BCUT2D eigenvalue weighted by Crippen LogP contribution is -2.30. The fourth-order valence-corrected chi connectivity index (χ4v) is 7.60. The third-order valence-corrected chi connectivity index (χ3v) is 12.0. The summed E-state index contributed by atoms with van der Waals surface area (Å²) >= 11 is 0. The van der Waals surface area contributed by atoms with Gasteiger partial charge in [-0.05, 0) is 116 Å². The maximum Gasteiger partial charge on any atom is 0.306 e. The highest BCUT2D eigenvalue weighted by atomic mass is 16.6. The van der Waals surface area contributed by atoms with Crippen molar-refractivity contribution >= 4 is 17.9 Å². The van der Waals surface area contributed by atoms with Gasteiger partial charge in [-0.1, -0.05) is 239 Å². The van der Waals surface area contributed by atoms with Gasteiger partial charge in [0.2, 0.25) is 0 Å². The Balaban J connectivity index is 4.29. The standard InChI is InChI=1S/C65H106O6/c1-4-7-10-13-16-19-21-23-24-25-26-27-28-29-30-31-32-33-34-35-36-37-38-39-40-42-43-46-49-52-55-58-64(67)70-61-62(60-69-63(66)57-54-51-48-45-18-15-12-9-6-3)71-65(68)59-56-53-50-47-44-41-22-20-17-14-11-8-5-2/h7,10,16,19-20,22-24,26-27,29-30,32-33,35-36,38-39,42-43,62H,4-6,8-9,11-15,17-18,21,25,28,31,34,37,40-41,44-61H2,1-3H3/b10-7-,19-16-,22-20-,24-23-,27-26-,30-29-,33-32-,36-35-,39-38-,43-42-. The van der Waals surface area contributed by atoms with E-state index in [2.05, 4.69) is 142 Å². The predicted molar refractivity (Wildman–Crippen MR) is 306 cm³/mol. The molecule has 0 saturated carbocycles. The zero-order chi connectivity index (χ0) is 51.4. The summed E-state index contributed by atoms with van der Waals surface area (Å²) < 4.78 is 16.8. The van der Waals surface area contributed by atoms with Crippen molar-refractivity contribution in [1.29, 1.82) is 0 Å². The second-order valence-corrected chi connectivity index (χ2v) is 18.8. The van der Waals surface area contributed by atoms with E-state index in [4.69, 9.17) is 14.2 Å².